The largest absolute Gasteiger partial charge is 0.434 e. The molecule has 0 aliphatic heterocycles. The zero-order valence-corrected chi connectivity index (χ0v) is 13.6. The Kier molecular flexibility index (Phi) is 6.07. The summed E-state index contributed by atoms with van der Waals surface area (Å²) in [5.74, 6) is -1.24. The fourth-order valence-corrected chi connectivity index (χ4v) is 2.10. The molecule has 0 bridgehead atoms. The van der Waals surface area contributed by atoms with Crippen LogP contribution in [0.15, 0.2) is 47.1 Å². The number of H-pyrrole nitrogens is 1. The van der Waals surface area contributed by atoms with Crippen LogP contribution in [-0.4, -0.2) is 23.4 Å². The molecule has 24 heavy (non-hydrogen) atoms. The van der Waals surface area contributed by atoms with E-state index < -0.39 is 18.4 Å². The number of alkyl halides is 2. The Bertz CT molecular complexity index is 748. The standard InChI is InChI=1S/C15H12BrF2N3O3/c16-10-4-5-12(24-15(17)18)9(8-10)3-6-13(22)20-21-14(23)11-2-1-7-19-11/h1-8,15,19H,(H,20,22)(H,21,23)/b6-3+. The number of hydrazine groups is 1. The molecule has 126 valence electrons. The first kappa shape index (κ1) is 17.7. The van der Waals surface area contributed by atoms with Crippen molar-refractivity contribution in [1.82, 2.24) is 15.8 Å². The average Bonchev–Trinajstić information content (AvgIpc) is 3.07. The van der Waals surface area contributed by atoms with Gasteiger partial charge in [0, 0.05) is 22.3 Å². The SMILES string of the molecule is O=C(/C=C/c1cc(Br)ccc1OC(F)F)NNC(=O)c1ccc[nH]1. The van der Waals surface area contributed by atoms with Gasteiger partial charge >= 0.3 is 6.61 Å². The van der Waals surface area contributed by atoms with Crippen molar-refractivity contribution >= 4 is 33.8 Å². The van der Waals surface area contributed by atoms with Crippen molar-refractivity contribution < 1.29 is 23.1 Å². The molecule has 0 radical (unpaired) electrons. The molecule has 0 spiro atoms. The van der Waals surface area contributed by atoms with Crippen molar-refractivity contribution in [2.24, 2.45) is 0 Å². The Balaban J connectivity index is 1.98. The van der Waals surface area contributed by atoms with Crippen LogP contribution in [0.4, 0.5) is 8.78 Å². The summed E-state index contributed by atoms with van der Waals surface area (Å²) >= 11 is 3.20. The number of rotatable bonds is 5. The van der Waals surface area contributed by atoms with Crippen LogP contribution in [0.25, 0.3) is 6.08 Å². The summed E-state index contributed by atoms with van der Waals surface area (Å²) in [4.78, 5) is 26.0. The minimum absolute atomic E-state index is 0.0762. The molecule has 0 aliphatic rings. The molecule has 1 aromatic heterocycles. The quantitative estimate of drug-likeness (QED) is 0.533. The molecule has 9 heteroatoms. The second-order valence-electron chi connectivity index (χ2n) is 4.42. The normalized spacial score (nSPS) is 10.8. The van der Waals surface area contributed by atoms with E-state index >= 15 is 0 Å². The number of hydrogen-bond donors (Lipinski definition) is 3. The van der Waals surface area contributed by atoms with Crippen LogP contribution < -0.4 is 15.6 Å². The number of benzene rings is 1. The molecule has 0 atom stereocenters. The lowest BCUT2D eigenvalue weighted by Crippen LogP contribution is -2.40. The van der Waals surface area contributed by atoms with Gasteiger partial charge in [0.25, 0.3) is 11.8 Å². The predicted octanol–water partition coefficient (Wildman–Crippen LogP) is 2.85. The van der Waals surface area contributed by atoms with Gasteiger partial charge in [-0.3, -0.25) is 20.4 Å². The number of aromatic amines is 1. The van der Waals surface area contributed by atoms with Crippen molar-refractivity contribution in [3.05, 3.63) is 58.3 Å². The number of aromatic nitrogens is 1. The zero-order chi connectivity index (χ0) is 17.5. The van der Waals surface area contributed by atoms with E-state index in [1.807, 2.05) is 0 Å². The van der Waals surface area contributed by atoms with Gasteiger partial charge in [-0.1, -0.05) is 15.9 Å². The Hall–Kier alpha value is -2.68. The number of carbonyl (C=O) groups excluding carboxylic acids is 2. The third kappa shape index (κ3) is 5.20. The van der Waals surface area contributed by atoms with E-state index in [4.69, 9.17) is 0 Å². The van der Waals surface area contributed by atoms with Crippen LogP contribution in [-0.2, 0) is 4.79 Å². The Morgan fingerprint density at radius 2 is 2.04 bits per heavy atom. The van der Waals surface area contributed by atoms with Gasteiger partial charge in [-0.05, 0) is 36.4 Å². The maximum absolute atomic E-state index is 12.4. The summed E-state index contributed by atoms with van der Waals surface area (Å²) in [6.45, 7) is -2.98. The van der Waals surface area contributed by atoms with Crippen molar-refractivity contribution in [3.63, 3.8) is 0 Å². The first-order valence-corrected chi connectivity index (χ1v) is 7.41. The summed E-state index contributed by atoms with van der Waals surface area (Å²) in [5, 5.41) is 0. The van der Waals surface area contributed by atoms with Crippen molar-refractivity contribution in [2.75, 3.05) is 0 Å². The van der Waals surface area contributed by atoms with Gasteiger partial charge in [0.2, 0.25) is 0 Å². The maximum Gasteiger partial charge on any atom is 0.387 e. The topological polar surface area (TPSA) is 83.2 Å². The van der Waals surface area contributed by atoms with Gasteiger partial charge in [0.1, 0.15) is 11.4 Å². The highest BCUT2D eigenvalue weighted by atomic mass is 79.9. The minimum atomic E-state index is -2.98. The summed E-state index contributed by atoms with van der Waals surface area (Å²) in [7, 11) is 0. The first-order valence-electron chi connectivity index (χ1n) is 6.62. The summed E-state index contributed by atoms with van der Waals surface area (Å²) < 4.78 is 29.7. The van der Waals surface area contributed by atoms with Crippen molar-refractivity contribution in [1.29, 1.82) is 0 Å². The van der Waals surface area contributed by atoms with Crippen molar-refractivity contribution in [2.45, 2.75) is 6.61 Å². The van der Waals surface area contributed by atoms with Gasteiger partial charge in [-0.25, -0.2) is 0 Å². The summed E-state index contributed by atoms with van der Waals surface area (Å²) in [6.07, 6.45) is 3.93. The van der Waals surface area contributed by atoms with Gasteiger partial charge in [-0.15, -0.1) is 0 Å². The Labute approximate surface area is 144 Å². The van der Waals surface area contributed by atoms with E-state index in [1.54, 1.807) is 12.3 Å². The number of halogens is 3. The molecule has 0 aliphatic carbocycles. The van der Waals surface area contributed by atoms with Gasteiger partial charge < -0.3 is 9.72 Å². The average molecular weight is 400 g/mol. The third-order valence-electron chi connectivity index (χ3n) is 2.74. The highest BCUT2D eigenvalue weighted by Crippen LogP contribution is 2.25. The number of carbonyl (C=O) groups is 2. The molecule has 0 saturated carbocycles. The second kappa shape index (κ2) is 8.25. The molecular weight excluding hydrogens is 388 g/mol. The fraction of sp³-hybridized carbons (Fsp3) is 0.0667. The third-order valence-corrected chi connectivity index (χ3v) is 3.24. The number of nitrogens with one attached hydrogen (secondary N) is 3. The molecule has 0 unspecified atom stereocenters. The van der Waals surface area contributed by atoms with Crippen LogP contribution in [0.5, 0.6) is 5.75 Å². The van der Waals surface area contributed by atoms with Crippen LogP contribution in [0.1, 0.15) is 16.1 Å². The lowest BCUT2D eigenvalue weighted by atomic mass is 10.2. The van der Waals surface area contributed by atoms with Crippen molar-refractivity contribution in [3.8, 4) is 5.75 Å². The highest BCUT2D eigenvalue weighted by Gasteiger charge is 2.09. The van der Waals surface area contributed by atoms with Gasteiger partial charge in [0.15, 0.2) is 0 Å². The van der Waals surface area contributed by atoms with E-state index in [-0.39, 0.29) is 17.0 Å². The lowest BCUT2D eigenvalue weighted by molar-refractivity contribution is -0.117. The molecule has 1 aromatic carbocycles. The van der Waals surface area contributed by atoms with Gasteiger partial charge in [-0.2, -0.15) is 8.78 Å². The van der Waals surface area contributed by atoms with Crippen LogP contribution in [0.2, 0.25) is 0 Å². The molecule has 3 N–H and O–H groups in total. The fourth-order valence-electron chi connectivity index (χ4n) is 1.72. The molecule has 2 rings (SSSR count). The zero-order valence-electron chi connectivity index (χ0n) is 12.1. The summed E-state index contributed by atoms with van der Waals surface area (Å²) in [6, 6.07) is 7.56. The van der Waals surface area contributed by atoms with E-state index in [1.165, 1.54) is 30.3 Å². The second-order valence-corrected chi connectivity index (χ2v) is 5.34. The predicted molar refractivity (Wildman–Crippen MR) is 86.2 cm³/mol. The number of ether oxygens (including phenoxy) is 1. The monoisotopic (exact) mass is 399 g/mol. The molecule has 2 aromatic rings. The molecule has 6 nitrogen and oxygen atoms in total. The smallest absolute Gasteiger partial charge is 0.387 e. The highest BCUT2D eigenvalue weighted by molar-refractivity contribution is 9.10. The number of amides is 2. The number of hydrogen-bond acceptors (Lipinski definition) is 3. The lowest BCUT2D eigenvalue weighted by Gasteiger charge is -2.08. The minimum Gasteiger partial charge on any atom is -0.434 e. The summed E-state index contributed by atoms with van der Waals surface area (Å²) in [5.41, 5.74) is 4.92. The van der Waals surface area contributed by atoms with E-state index in [0.717, 1.165) is 6.08 Å². The van der Waals surface area contributed by atoms with E-state index in [0.29, 0.717) is 4.47 Å². The first-order chi connectivity index (χ1) is 11.5. The molecule has 0 saturated heterocycles. The van der Waals surface area contributed by atoms with E-state index in [2.05, 4.69) is 36.5 Å². The van der Waals surface area contributed by atoms with Crippen LogP contribution in [0.3, 0.4) is 0 Å². The Morgan fingerprint density at radius 3 is 2.71 bits per heavy atom. The van der Waals surface area contributed by atoms with Crippen LogP contribution >= 0.6 is 15.9 Å². The van der Waals surface area contributed by atoms with Crippen LogP contribution in [0, 0.1) is 0 Å². The Morgan fingerprint density at radius 1 is 1.25 bits per heavy atom. The van der Waals surface area contributed by atoms with Gasteiger partial charge in [0.05, 0.1) is 0 Å². The molecule has 2 amide bonds. The molecular formula is C15H12BrF2N3O3. The van der Waals surface area contributed by atoms with E-state index in [9.17, 15) is 18.4 Å². The molecule has 0 fully saturated rings. The maximum atomic E-state index is 12.4. The molecule has 1 heterocycles.